The Morgan fingerprint density at radius 2 is 1.55 bits per heavy atom. The summed E-state index contributed by atoms with van der Waals surface area (Å²) in [6.45, 7) is 9.48. The van der Waals surface area contributed by atoms with Crippen LogP contribution in [-0.4, -0.2) is 22.0 Å². The summed E-state index contributed by atoms with van der Waals surface area (Å²) in [6.07, 6.45) is 0. The van der Waals surface area contributed by atoms with Crippen LogP contribution in [0.5, 0.6) is 0 Å². The van der Waals surface area contributed by atoms with Gasteiger partial charge in [0.15, 0.2) is 0 Å². The molecule has 1 amide bonds. The minimum Gasteiger partial charge on any atom is -0.314 e. The first kappa shape index (κ1) is 20.9. The molecule has 0 saturated heterocycles. The summed E-state index contributed by atoms with van der Waals surface area (Å²) in [6, 6.07) is 26.4. The number of carbonyl (C=O) groups excluding carboxylic acids is 1. The van der Waals surface area contributed by atoms with Gasteiger partial charge in [-0.25, -0.2) is 4.98 Å². The van der Waals surface area contributed by atoms with E-state index in [-0.39, 0.29) is 17.9 Å². The normalized spacial score (nSPS) is 11.6. The van der Waals surface area contributed by atoms with Gasteiger partial charge in [0.1, 0.15) is 12.4 Å². The van der Waals surface area contributed by atoms with Crippen molar-refractivity contribution in [1.29, 1.82) is 0 Å². The molecule has 4 aromatic rings. The fourth-order valence-electron chi connectivity index (χ4n) is 3.91. The van der Waals surface area contributed by atoms with E-state index >= 15 is 0 Å². The van der Waals surface area contributed by atoms with Crippen LogP contribution >= 0.6 is 0 Å². The molecule has 0 saturated carbocycles. The van der Waals surface area contributed by atoms with Gasteiger partial charge in [-0.05, 0) is 42.2 Å². The van der Waals surface area contributed by atoms with Crippen molar-refractivity contribution in [2.75, 3.05) is 11.4 Å². The molecule has 0 fully saturated rings. The van der Waals surface area contributed by atoms with Crippen LogP contribution in [0.2, 0.25) is 0 Å². The molecule has 0 unspecified atom stereocenters. The van der Waals surface area contributed by atoms with Gasteiger partial charge in [-0.3, -0.25) is 4.79 Å². The number of aromatic nitrogens is 2. The predicted octanol–water partition coefficient (Wildman–Crippen LogP) is 6.05. The number of anilines is 1. The first-order valence-corrected chi connectivity index (χ1v) is 10.8. The molecule has 0 atom stereocenters. The molecule has 1 heterocycles. The second-order valence-corrected chi connectivity index (χ2v) is 8.81. The predicted molar refractivity (Wildman–Crippen MR) is 128 cm³/mol. The number of carbonyl (C=O) groups is 1. The Hall–Kier alpha value is -3.40. The lowest BCUT2D eigenvalue weighted by Crippen LogP contribution is -2.33. The summed E-state index contributed by atoms with van der Waals surface area (Å²) in [5.41, 5.74) is 5.15. The molecule has 4 heteroatoms. The molecule has 1 aromatic heterocycles. The third kappa shape index (κ3) is 4.24. The van der Waals surface area contributed by atoms with Crippen molar-refractivity contribution < 1.29 is 4.79 Å². The van der Waals surface area contributed by atoms with E-state index < -0.39 is 0 Å². The number of para-hydroxylation sites is 3. The standard InChI is InChI=1S/C27H29N3O/c1-5-29(22-11-7-6-8-12-22)25(31)19-30-24-14-10-9-13-23(24)28-26(30)20-15-17-21(18-16-20)27(2,3)4/h6-18H,5,19H2,1-4H3. The van der Waals surface area contributed by atoms with E-state index in [0.29, 0.717) is 6.54 Å². The lowest BCUT2D eigenvalue weighted by atomic mass is 9.87. The second-order valence-electron chi connectivity index (χ2n) is 8.81. The number of hydrogen-bond acceptors (Lipinski definition) is 2. The smallest absolute Gasteiger partial charge is 0.246 e. The van der Waals surface area contributed by atoms with Crippen molar-refractivity contribution in [3.8, 4) is 11.4 Å². The average molecular weight is 412 g/mol. The molecule has 31 heavy (non-hydrogen) atoms. The summed E-state index contributed by atoms with van der Waals surface area (Å²) >= 11 is 0. The van der Waals surface area contributed by atoms with Gasteiger partial charge in [0.2, 0.25) is 5.91 Å². The van der Waals surface area contributed by atoms with Crippen LogP contribution in [-0.2, 0) is 16.8 Å². The van der Waals surface area contributed by atoms with Crippen LogP contribution in [0.4, 0.5) is 5.69 Å². The highest BCUT2D eigenvalue weighted by molar-refractivity contribution is 5.94. The van der Waals surface area contributed by atoms with Gasteiger partial charge >= 0.3 is 0 Å². The molecule has 3 aromatic carbocycles. The van der Waals surface area contributed by atoms with Gasteiger partial charge in [-0.1, -0.05) is 75.4 Å². The Morgan fingerprint density at radius 1 is 0.903 bits per heavy atom. The molecule has 0 aliphatic carbocycles. The minimum absolute atomic E-state index is 0.0458. The lowest BCUT2D eigenvalue weighted by molar-refractivity contribution is -0.119. The van der Waals surface area contributed by atoms with E-state index in [2.05, 4.69) is 45.0 Å². The Bertz CT molecular complexity index is 1180. The summed E-state index contributed by atoms with van der Waals surface area (Å²) in [5, 5.41) is 0. The van der Waals surface area contributed by atoms with E-state index in [1.54, 1.807) is 0 Å². The van der Waals surface area contributed by atoms with Crippen LogP contribution in [0.1, 0.15) is 33.3 Å². The third-order valence-electron chi connectivity index (χ3n) is 5.64. The molecule has 158 valence electrons. The highest BCUT2D eigenvalue weighted by atomic mass is 16.2. The van der Waals surface area contributed by atoms with Crippen LogP contribution in [0.25, 0.3) is 22.4 Å². The van der Waals surface area contributed by atoms with Crippen molar-refractivity contribution in [3.63, 3.8) is 0 Å². The fourth-order valence-corrected chi connectivity index (χ4v) is 3.91. The van der Waals surface area contributed by atoms with E-state index in [0.717, 1.165) is 28.1 Å². The molecule has 0 N–H and O–H groups in total. The van der Waals surface area contributed by atoms with E-state index in [9.17, 15) is 4.79 Å². The Labute approximate surface area is 184 Å². The number of hydrogen-bond donors (Lipinski definition) is 0. The Balaban J connectivity index is 1.74. The zero-order chi connectivity index (χ0) is 22.0. The number of nitrogens with zero attached hydrogens (tertiary/aromatic N) is 3. The highest BCUT2D eigenvalue weighted by Crippen LogP contribution is 2.28. The van der Waals surface area contributed by atoms with Crippen molar-refractivity contribution in [2.24, 2.45) is 0 Å². The summed E-state index contributed by atoms with van der Waals surface area (Å²) in [7, 11) is 0. The molecule has 0 radical (unpaired) electrons. The van der Waals surface area contributed by atoms with E-state index in [4.69, 9.17) is 4.98 Å². The molecule has 4 rings (SSSR count). The number of likely N-dealkylation sites (N-methyl/N-ethyl adjacent to an activating group) is 1. The van der Waals surface area contributed by atoms with E-state index in [1.807, 2.05) is 71.0 Å². The monoisotopic (exact) mass is 411 g/mol. The van der Waals surface area contributed by atoms with Crippen molar-refractivity contribution in [2.45, 2.75) is 39.7 Å². The minimum atomic E-state index is 0.0458. The maximum Gasteiger partial charge on any atom is 0.246 e. The summed E-state index contributed by atoms with van der Waals surface area (Å²) in [5.74, 6) is 0.864. The first-order valence-electron chi connectivity index (χ1n) is 10.8. The van der Waals surface area contributed by atoms with Gasteiger partial charge in [0, 0.05) is 17.8 Å². The molecular formula is C27H29N3O. The van der Waals surface area contributed by atoms with Crippen LogP contribution in [0.3, 0.4) is 0 Å². The average Bonchev–Trinajstić information content (AvgIpc) is 3.13. The van der Waals surface area contributed by atoms with Crippen LogP contribution in [0, 0.1) is 0 Å². The van der Waals surface area contributed by atoms with Crippen molar-refractivity contribution in [3.05, 3.63) is 84.4 Å². The number of imidazole rings is 1. The maximum absolute atomic E-state index is 13.3. The molecular weight excluding hydrogens is 382 g/mol. The van der Waals surface area contributed by atoms with Crippen LogP contribution < -0.4 is 4.90 Å². The van der Waals surface area contributed by atoms with Gasteiger partial charge in [-0.15, -0.1) is 0 Å². The SMILES string of the molecule is CCN(C(=O)Cn1c(-c2ccc(C(C)(C)C)cc2)nc2ccccc21)c1ccccc1. The summed E-state index contributed by atoms with van der Waals surface area (Å²) in [4.78, 5) is 20.0. The van der Waals surface area contributed by atoms with Gasteiger partial charge in [-0.2, -0.15) is 0 Å². The number of amides is 1. The highest BCUT2D eigenvalue weighted by Gasteiger charge is 2.20. The molecule has 0 aliphatic rings. The quantitative estimate of drug-likeness (QED) is 0.401. The Kier molecular flexibility index (Phi) is 5.64. The zero-order valence-corrected chi connectivity index (χ0v) is 18.7. The lowest BCUT2D eigenvalue weighted by Gasteiger charge is -2.22. The third-order valence-corrected chi connectivity index (χ3v) is 5.64. The van der Waals surface area contributed by atoms with Crippen molar-refractivity contribution in [1.82, 2.24) is 9.55 Å². The molecule has 0 bridgehead atoms. The van der Waals surface area contributed by atoms with Crippen molar-refractivity contribution >= 4 is 22.6 Å². The first-order chi connectivity index (χ1) is 14.9. The Morgan fingerprint density at radius 3 is 2.19 bits per heavy atom. The molecule has 4 nitrogen and oxygen atoms in total. The van der Waals surface area contributed by atoms with Gasteiger partial charge in [0.25, 0.3) is 0 Å². The maximum atomic E-state index is 13.3. The number of rotatable bonds is 5. The zero-order valence-electron chi connectivity index (χ0n) is 18.7. The summed E-state index contributed by atoms with van der Waals surface area (Å²) < 4.78 is 2.04. The molecule has 0 aliphatic heterocycles. The molecule has 0 spiro atoms. The number of fused-ring (bicyclic) bond motifs is 1. The van der Waals surface area contributed by atoms with E-state index in [1.165, 1.54) is 5.56 Å². The largest absolute Gasteiger partial charge is 0.314 e. The van der Waals surface area contributed by atoms with Crippen LogP contribution in [0.15, 0.2) is 78.9 Å². The topological polar surface area (TPSA) is 38.1 Å². The fraction of sp³-hybridized carbons (Fsp3) is 0.259. The van der Waals surface area contributed by atoms with Gasteiger partial charge in [0.05, 0.1) is 11.0 Å². The van der Waals surface area contributed by atoms with Gasteiger partial charge < -0.3 is 9.47 Å². The number of benzene rings is 3. The second kappa shape index (κ2) is 8.38.